The summed E-state index contributed by atoms with van der Waals surface area (Å²) in [5, 5.41) is 9.58. The molecule has 14 heavy (non-hydrogen) atoms. The van der Waals surface area contributed by atoms with E-state index in [-0.39, 0.29) is 0 Å². The first-order valence-electron chi connectivity index (χ1n) is 4.86. The van der Waals surface area contributed by atoms with Crippen LogP contribution < -0.4 is 0 Å². The second kappa shape index (κ2) is 4.85. The molecule has 0 aliphatic carbocycles. The fourth-order valence-electron chi connectivity index (χ4n) is 1.24. The van der Waals surface area contributed by atoms with Crippen molar-refractivity contribution in [3.63, 3.8) is 0 Å². The lowest BCUT2D eigenvalue weighted by Crippen LogP contribution is -2.19. The summed E-state index contributed by atoms with van der Waals surface area (Å²) in [4.78, 5) is 1.29. The van der Waals surface area contributed by atoms with E-state index in [2.05, 4.69) is 30.5 Å². The van der Waals surface area contributed by atoms with Gasteiger partial charge in [-0.1, -0.05) is 12.1 Å². The maximum Gasteiger partial charge on any atom is 0.0594 e. The van der Waals surface area contributed by atoms with Gasteiger partial charge in [-0.25, -0.2) is 0 Å². The van der Waals surface area contributed by atoms with Gasteiger partial charge in [-0.05, 0) is 50.6 Å². The monoisotopic (exact) mass is 210 g/mol. The van der Waals surface area contributed by atoms with Gasteiger partial charge in [-0.15, -0.1) is 11.8 Å². The highest BCUT2D eigenvalue weighted by molar-refractivity contribution is 7.98. The Morgan fingerprint density at radius 2 is 1.79 bits per heavy atom. The van der Waals surface area contributed by atoms with Gasteiger partial charge >= 0.3 is 0 Å². The quantitative estimate of drug-likeness (QED) is 0.771. The molecule has 0 fully saturated rings. The van der Waals surface area contributed by atoms with Gasteiger partial charge in [0.05, 0.1) is 5.60 Å². The van der Waals surface area contributed by atoms with Gasteiger partial charge in [-0.2, -0.15) is 0 Å². The van der Waals surface area contributed by atoms with E-state index in [0.29, 0.717) is 0 Å². The molecule has 0 atom stereocenters. The van der Waals surface area contributed by atoms with Gasteiger partial charge < -0.3 is 5.11 Å². The third-order valence-corrected chi connectivity index (χ3v) is 2.93. The second-order valence-electron chi connectivity index (χ2n) is 4.16. The molecule has 0 saturated carbocycles. The molecule has 2 heteroatoms. The highest BCUT2D eigenvalue weighted by atomic mass is 32.2. The van der Waals surface area contributed by atoms with Gasteiger partial charge in [0.15, 0.2) is 0 Å². The molecule has 0 saturated heterocycles. The summed E-state index contributed by atoms with van der Waals surface area (Å²) in [6.07, 6.45) is 3.83. The van der Waals surface area contributed by atoms with E-state index in [1.807, 2.05) is 13.8 Å². The fraction of sp³-hybridized carbons (Fsp3) is 0.500. The van der Waals surface area contributed by atoms with Crippen LogP contribution in [0.2, 0.25) is 0 Å². The second-order valence-corrected chi connectivity index (χ2v) is 5.04. The average Bonchev–Trinajstić information content (AvgIpc) is 2.14. The van der Waals surface area contributed by atoms with Crippen molar-refractivity contribution in [3.8, 4) is 0 Å². The third-order valence-electron chi connectivity index (χ3n) is 2.18. The number of aliphatic hydroxyl groups is 1. The van der Waals surface area contributed by atoms with Crippen molar-refractivity contribution in [1.82, 2.24) is 0 Å². The number of rotatable bonds is 4. The molecular formula is C12H18OS. The standard InChI is InChI=1S/C12H18OS/c1-12(2,13)9-8-10-4-6-11(14-3)7-5-10/h4-7,13H,8-9H2,1-3H3. The lowest BCUT2D eigenvalue weighted by atomic mass is 9.99. The Balaban J connectivity index is 2.52. The van der Waals surface area contributed by atoms with Crippen LogP contribution in [0.15, 0.2) is 29.2 Å². The van der Waals surface area contributed by atoms with Crippen molar-refractivity contribution < 1.29 is 5.11 Å². The highest BCUT2D eigenvalue weighted by Crippen LogP contribution is 2.17. The smallest absolute Gasteiger partial charge is 0.0594 e. The maximum absolute atomic E-state index is 9.58. The maximum atomic E-state index is 9.58. The number of hydrogen-bond acceptors (Lipinski definition) is 2. The molecule has 0 unspecified atom stereocenters. The largest absolute Gasteiger partial charge is 0.390 e. The molecule has 1 N–H and O–H groups in total. The Morgan fingerprint density at radius 3 is 2.21 bits per heavy atom. The van der Waals surface area contributed by atoms with Crippen molar-refractivity contribution in [2.24, 2.45) is 0 Å². The van der Waals surface area contributed by atoms with E-state index >= 15 is 0 Å². The fourth-order valence-corrected chi connectivity index (χ4v) is 1.65. The van der Waals surface area contributed by atoms with E-state index in [0.717, 1.165) is 12.8 Å². The van der Waals surface area contributed by atoms with Crippen molar-refractivity contribution in [1.29, 1.82) is 0 Å². The molecule has 0 bridgehead atoms. The Labute approximate surface area is 90.5 Å². The molecule has 1 rings (SSSR count). The summed E-state index contributed by atoms with van der Waals surface area (Å²) in [5.74, 6) is 0. The first kappa shape index (κ1) is 11.6. The molecule has 0 heterocycles. The van der Waals surface area contributed by atoms with Crippen LogP contribution in [0.25, 0.3) is 0 Å². The number of hydrogen-bond donors (Lipinski definition) is 1. The minimum Gasteiger partial charge on any atom is -0.390 e. The molecule has 0 aliphatic rings. The van der Waals surface area contributed by atoms with Gasteiger partial charge in [-0.3, -0.25) is 0 Å². The Hall–Kier alpha value is -0.470. The summed E-state index contributed by atoms with van der Waals surface area (Å²) in [7, 11) is 0. The van der Waals surface area contributed by atoms with Gasteiger partial charge in [0.25, 0.3) is 0 Å². The molecule has 1 aromatic rings. The van der Waals surface area contributed by atoms with E-state index in [9.17, 15) is 5.11 Å². The lowest BCUT2D eigenvalue weighted by molar-refractivity contribution is 0.0714. The first-order chi connectivity index (χ1) is 6.51. The summed E-state index contributed by atoms with van der Waals surface area (Å²) in [6, 6.07) is 8.53. The van der Waals surface area contributed by atoms with E-state index in [4.69, 9.17) is 0 Å². The summed E-state index contributed by atoms with van der Waals surface area (Å²) in [6.45, 7) is 3.70. The normalized spacial score (nSPS) is 11.7. The third kappa shape index (κ3) is 4.16. The molecule has 0 spiro atoms. The van der Waals surface area contributed by atoms with Crippen LogP contribution >= 0.6 is 11.8 Å². The number of benzene rings is 1. The lowest BCUT2D eigenvalue weighted by Gasteiger charge is -2.16. The Bertz CT molecular complexity index is 271. The molecule has 1 nitrogen and oxygen atoms in total. The molecule has 1 aromatic carbocycles. The first-order valence-corrected chi connectivity index (χ1v) is 6.09. The number of aryl methyl sites for hydroxylation is 1. The van der Waals surface area contributed by atoms with Crippen molar-refractivity contribution in [3.05, 3.63) is 29.8 Å². The van der Waals surface area contributed by atoms with Crippen LogP contribution in [-0.4, -0.2) is 17.0 Å². The zero-order valence-corrected chi connectivity index (χ0v) is 9.90. The van der Waals surface area contributed by atoms with Crippen LogP contribution in [0.1, 0.15) is 25.8 Å². The van der Waals surface area contributed by atoms with Gasteiger partial charge in [0.2, 0.25) is 0 Å². The molecule has 0 aromatic heterocycles. The van der Waals surface area contributed by atoms with Gasteiger partial charge in [0.1, 0.15) is 0 Å². The molecule has 0 aliphatic heterocycles. The van der Waals surface area contributed by atoms with Crippen LogP contribution in [-0.2, 0) is 6.42 Å². The topological polar surface area (TPSA) is 20.2 Å². The summed E-state index contributed by atoms with van der Waals surface area (Å²) < 4.78 is 0. The van der Waals surface area contributed by atoms with Crippen LogP contribution in [0.5, 0.6) is 0 Å². The minimum absolute atomic E-state index is 0.557. The highest BCUT2D eigenvalue weighted by Gasteiger charge is 2.11. The summed E-state index contributed by atoms with van der Waals surface area (Å²) >= 11 is 1.75. The predicted molar refractivity (Wildman–Crippen MR) is 62.8 cm³/mol. The molecular weight excluding hydrogens is 192 g/mol. The molecule has 0 amide bonds. The zero-order valence-electron chi connectivity index (χ0n) is 9.08. The SMILES string of the molecule is CSc1ccc(CCC(C)(C)O)cc1. The van der Waals surface area contributed by atoms with Crippen LogP contribution in [0, 0.1) is 0 Å². The average molecular weight is 210 g/mol. The predicted octanol–water partition coefficient (Wildman–Crippen LogP) is 3.11. The van der Waals surface area contributed by atoms with Crippen molar-refractivity contribution in [2.75, 3.05) is 6.26 Å². The Kier molecular flexibility index (Phi) is 4.02. The zero-order chi connectivity index (χ0) is 10.6. The van der Waals surface area contributed by atoms with E-state index < -0.39 is 5.60 Å². The number of thioether (sulfide) groups is 1. The summed E-state index contributed by atoms with van der Waals surface area (Å²) in [5.41, 5.74) is 0.739. The Morgan fingerprint density at radius 1 is 1.21 bits per heavy atom. The van der Waals surface area contributed by atoms with E-state index in [1.165, 1.54) is 10.5 Å². The van der Waals surface area contributed by atoms with Crippen LogP contribution in [0.4, 0.5) is 0 Å². The molecule has 78 valence electrons. The molecule has 0 radical (unpaired) electrons. The van der Waals surface area contributed by atoms with Crippen molar-refractivity contribution in [2.45, 2.75) is 37.2 Å². The minimum atomic E-state index is -0.557. The van der Waals surface area contributed by atoms with E-state index in [1.54, 1.807) is 11.8 Å². The van der Waals surface area contributed by atoms with Crippen molar-refractivity contribution >= 4 is 11.8 Å². The van der Waals surface area contributed by atoms with Gasteiger partial charge in [0, 0.05) is 4.90 Å². The van der Waals surface area contributed by atoms with Crippen LogP contribution in [0.3, 0.4) is 0 Å².